The number of imide groups is 2. The number of nitrogens with two attached hydrogens (primary N) is 1. The number of amides is 15. The SMILES string of the molecule is CCc1c(SC[C@@H]2NC(=O)CNC(=O)[C@H]([C@@H](C)CC)CNC(=O)CNC(=O)NC(=O)[C@H](C(C)CC)NC(=O)[C@@H]3C[C@@H](O)CN3C(=O)[C@H](CC(N)=O)NC2=O)[nH]c2ccc(NC(=O)CCCNC(=O)C(C)NC(=O)CCN3C(=O)C=CC3=O)cc12. The zero-order valence-electron chi connectivity index (χ0n) is 47.7. The van der Waals surface area contributed by atoms with Crippen molar-refractivity contribution in [2.45, 2.75) is 134 Å². The van der Waals surface area contributed by atoms with Crippen molar-refractivity contribution in [3.63, 3.8) is 0 Å². The smallest absolute Gasteiger partial charge is 0.321 e. The van der Waals surface area contributed by atoms with Crippen molar-refractivity contribution >= 4 is 111 Å². The third-order valence-corrected chi connectivity index (χ3v) is 15.7. The summed E-state index contributed by atoms with van der Waals surface area (Å²) in [5.41, 5.74) is 7.43. The first-order valence-corrected chi connectivity index (χ1v) is 28.8. The van der Waals surface area contributed by atoms with Gasteiger partial charge in [0, 0.05) is 79.9 Å². The van der Waals surface area contributed by atoms with Gasteiger partial charge in [-0.15, -0.1) is 11.8 Å². The molecule has 0 radical (unpaired) electrons. The largest absolute Gasteiger partial charge is 0.391 e. The lowest BCUT2D eigenvalue weighted by molar-refractivity contribution is -0.143. The van der Waals surface area contributed by atoms with Crippen molar-refractivity contribution in [2.24, 2.45) is 23.5 Å². The monoisotopic (exact) mass is 1190 g/mol. The molecule has 29 nitrogen and oxygen atoms in total. The van der Waals surface area contributed by atoms with E-state index in [9.17, 15) is 72.2 Å². The molecular formula is C54H76N14O15S. The molecule has 3 aliphatic heterocycles. The number of aromatic amines is 1. The zero-order chi connectivity index (χ0) is 61.9. The molecule has 1 aromatic carbocycles. The summed E-state index contributed by atoms with van der Waals surface area (Å²) in [6.07, 6.45) is 1.14. The van der Waals surface area contributed by atoms with Crippen LogP contribution in [-0.2, 0) is 68.7 Å². The van der Waals surface area contributed by atoms with Crippen LogP contribution in [0.2, 0.25) is 0 Å². The van der Waals surface area contributed by atoms with Crippen LogP contribution in [0, 0.1) is 17.8 Å². The van der Waals surface area contributed by atoms with Crippen LogP contribution in [0.4, 0.5) is 10.5 Å². The number of thioether (sulfide) groups is 1. The number of urea groups is 1. The fourth-order valence-corrected chi connectivity index (χ4v) is 10.6. The van der Waals surface area contributed by atoms with Crippen LogP contribution in [0.1, 0.15) is 92.1 Å². The molecule has 0 spiro atoms. The molecule has 15 amide bonds. The van der Waals surface area contributed by atoms with Gasteiger partial charge in [0.1, 0.15) is 30.2 Å². The van der Waals surface area contributed by atoms with Gasteiger partial charge in [0.2, 0.25) is 59.1 Å². The molecule has 2 fully saturated rings. The maximum absolute atomic E-state index is 14.5. The Morgan fingerprint density at radius 1 is 0.786 bits per heavy atom. The minimum absolute atomic E-state index is 0.0119. The summed E-state index contributed by atoms with van der Waals surface area (Å²) in [6, 6.07) is -2.93. The molecule has 30 heteroatoms. The van der Waals surface area contributed by atoms with E-state index in [0.29, 0.717) is 40.9 Å². The molecular weight excluding hydrogens is 1120 g/mol. The number of hydrogen-bond donors (Lipinski definition) is 13. The molecule has 2 aromatic rings. The number of aliphatic hydroxyl groups excluding tert-OH is 1. The molecule has 0 bridgehead atoms. The van der Waals surface area contributed by atoms with E-state index < -0.39 is 151 Å². The van der Waals surface area contributed by atoms with E-state index in [4.69, 9.17) is 5.73 Å². The molecule has 14 N–H and O–H groups in total. The Bertz CT molecular complexity index is 2880. The van der Waals surface area contributed by atoms with Gasteiger partial charge in [-0.2, -0.15) is 0 Å². The molecule has 3 aliphatic rings. The van der Waals surface area contributed by atoms with Gasteiger partial charge in [0.15, 0.2) is 0 Å². The number of H-pyrrole nitrogens is 1. The van der Waals surface area contributed by atoms with Crippen molar-refractivity contribution in [1.82, 2.24) is 62.6 Å². The van der Waals surface area contributed by atoms with Crippen LogP contribution in [0.5, 0.6) is 0 Å². The molecule has 1 aromatic heterocycles. The van der Waals surface area contributed by atoms with Crippen molar-refractivity contribution in [2.75, 3.05) is 50.3 Å². The van der Waals surface area contributed by atoms with Crippen LogP contribution in [0.3, 0.4) is 0 Å². The third-order valence-electron chi connectivity index (χ3n) is 14.6. The first-order chi connectivity index (χ1) is 39.8. The van der Waals surface area contributed by atoms with Gasteiger partial charge < -0.3 is 68.6 Å². The van der Waals surface area contributed by atoms with E-state index in [2.05, 4.69) is 58.2 Å². The van der Waals surface area contributed by atoms with Crippen LogP contribution >= 0.6 is 11.8 Å². The number of carbonyl (C=O) groups excluding carboxylic acids is 14. The first kappa shape index (κ1) is 66.4. The molecule has 4 heterocycles. The highest BCUT2D eigenvalue weighted by Crippen LogP contribution is 2.33. The summed E-state index contributed by atoms with van der Waals surface area (Å²) in [5.74, 6) is -11.6. The Hall–Kier alpha value is -8.41. The lowest BCUT2D eigenvalue weighted by Gasteiger charge is -2.31. The molecule has 0 saturated carbocycles. The second kappa shape index (κ2) is 31.3. The summed E-state index contributed by atoms with van der Waals surface area (Å²) in [7, 11) is 0. The summed E-state index contributed by atoms with van der Waals surface area (Å²) in [5, 5.41) is 37.3. The Balaban J connectivity index is 1.32. The molecule has 84 heavy (non-hydrogen) atoms. The summed E-state index contributed by atoms with van der Waals surface area (Å²) < 4.78 is 0. The van der Waals surface area contributed by atoms with Gasteiger partial charge in [0.25, 0.3) is 17.7 Å². The van der Waals surface area contributed by atoms with E-state index in [0.717, 1.165) is 39.3 Å². The highest BCUT2D eigenvalue weighted by Gasteiger charge is 2.44. The number of carbonyl (C=O) groups is 14. The maximum atomic E-state index is 14.5. The normalized spacial score (nSPS) is 22.7. The number of nitrogens with one attached hydrogen (secondary N) is 11. The maximum Gasteiger partial charge on any atom is 0.321 e. The Morgan fingerprint density at radius 2 is 1.48 bits per heavy atom. The van der Waals surface area contributed by atoms with E-state index >= 15 is 0 Å². The van der Waals surface area contributed by atoms with Crippen molar-refractivity contribution in [3.05, 3.63) is 35.9 Å². The minimum Gasteiger partial charge on any atom is -0.391 e. The topological polar surface area (TPSA) is 428 Å². The number of primary amides is 1. The van der Waals surface area contributed by atoms with Crippen molar-refractivity contribution in [1.29, 1.82) is 0 Å². The number of aryl methyl sites for hydroxylation is 1. The predicted molar refractivity (Wildman–Crippen MR) is 303 cm³/mol. The number of hydrogen-bond acceptors (Lipinski definition) is 16. The Kier molecular flexibility index (Phi) is 24.7. The number of aliphatic hydroxyl groups is 1. The van der Waals surface area contributed by atoms with Crippen molar-refractivity contribution in [3.8, 4) is 0 Å². The van der Waals surface area contributed by atoms with E-state index in [1.54, 1.807) is 39.0 Å². The highest BCUT2D eigenvalue weighted by atomic mass is 32.2. The first-order valence-electron chi connectivity index (χ1n) is 27.8. The lowest BCUT2D eigenvalue weighted by atomic mass is 9.90. The summed E-state index contributed by atoms with van der Waals surface area (Å²) in [4.78, 5) is 189. The second-order valence-electron chi connectivity index (χ2n) is 20.8. The van der Waals surface area contributed by atoms with E-state index in [1.165, 1.54) is 6.92 Å². The van der Waals surface area contributed by atoms with Gasteiger partial charge in [-0.3, -0.25) is 72.5 Å². The average molecular weight is 1190 g/mol. The van der Waals surface area contributed by atoms with E-state index in [-0.39, 0.29) is 62.9 Å². The minimum atomic E-state index is -1.75. The van der Waals surface area contributed by atoms with Gasteiger partial charge in [-0.1, -0.05) is 47.5 Å². The second-order valence-corrected chi connectivity index (χ2v) is 21.8. The Morgan fingerprint density at radius 3 is 2.14 bits per heavy atom. The lowest BCUT2D eigenvalue weighted by Crippen LogP contribution is -2.60. The molecule has 5 rings (SSSR count). The number of benzene rings is 1. The zero-order valence-corrected chi connectivity index (χ0v) is 48.5. The molecule has 458 valence electrons. The summed E-state index contributed by atoms with van der Waals surface area (Å²) in [6.45, 7) is 8.30. The van der Waals surface area contributed by atoms with Crippen LogP contribution < -0.4 is 58.9 Å². The number of anilines is 1. The van der Waals surface area contributed by atoms with Gasteiger partial charge in [-0.25, -0.2) is 4.79 Å². The van der Waals surface area contributed by atoms with Crippen LogP contribution in [0.25, 0.3) is 10.9 Å². The van der Waals surface area contributed by atoms with Crippen LogP contribution in [0.15, 0.2) is 35.4 Å². The highest BCUT2D eigenvalue weighted by molar-refractivity contribution is 7.99. The van der Waals surface area contributed by atoms with Gasteiger partial charge in [-0.05, 0) is 55.4 Å². The number of nitrogens with zero attached hydrogens (tertiary/aromatic N) is 2. The third kappa shape index (κ3) is 18.8. The average Bonchev–Trinajstić information content (AvgIpc) is 4.32. The predicted octanol–water partition coefficient (Wildman–Crippen LogP) is -2.45. The number of rotatable bonds is 20. The van der Waals surface area contributed by atoms with Gasteiger partial charge in [0.05, 0.1) is 36.6 Å². The molecule has 2 unspecified atom stereocenters. The van der Waals surface area contributed by atoms with Gasteiger partial charge >= 0.3 is 6.03 Å². The molecule has 0 aliphatic carbocycles. The fourth-order valence-electron chi connectivity index (χ4n) is 9.40. The summed E-state index contributed by atoms with van der Waals surface area (Å²) >= 11 is 1.11. The Labute approximate surface area is 488 Å². The fraction of sp³-hybridized carbons (Fsp3) is 0.556. The number of fused-ring (bicyclic) bond motifs is 2. The molecule has 9 atom stereocenters. The van der Waals surface area contributed by atoms with E-state index in [1.807, 2.05) is 13.8 Å². The van der Waals surface area contributed by atoms with Crippen molar-refractivity contribution < 1.29 is 72.2 Å². The number of aromatic nitrogens is 1. The molecule has 2 saturated heterocycles. The van der Waals surface area contributed by atoms with Crippen LogP contribution in [-0.4, -0.2) is 184 Å². The standard InChI is InChI=1S/C54H76N14O15S/c1-7-27(4)34-22-57-42(73)23-59-54(83)66-51(81)46(28(5)8-2)65-50(80)38-20-31(69)25-68(38)53(82)36(21-39(55)70)63-49(79)37(62-43(74)24-58-48(34)78)26-84-52-32(9-3)33-19-30(12-13-35(33)64-52)61-40(71)11-10-17-56-47(77)29(6)60-41(72)16-18-67-44(75)14-15-45(67)76/h12-15,19,27-29,31,34,36-38,46,64,69H,7-11,16-18,20-26H2,1-6H3,(H2,55,70)(H,56,77)(H,57,73)(H,58,78)(H,60,72)(H,61,71)(H,62,74)(H,63,79)(H,65,80)(H2,59,66,81,83)/t27-,28?,29?,31+,34-,36-,37-,38-,46-/m0/s1. The quantitative estimate of drug-likeness (QED) is 0.0372.